The summed E-state index contributed by atoms with van der Waals surface area (Å²) in [5.74, 6) is -1.23. The summed E-state index contributed by atoms with van der Waals surface area (Å²) in [6.07, 6.45) is 0.986. The second kappa shape index (κ2) is 10.6. The number of carbonyl (C=O) groups excluding carboxylic acids is 2. The van der Waals surface area contributed by atoms with Gasteiger partial charge in [0.15, 0.2) is 5.78 Å². The van der Waals surface area contributed by atoms with Crippen LogP contribution in [0.5, 0.6) is 0 Å². The largest absolute Gasteiger partial charge is 0.464 e. The number of hydrogen-bond donors (Lipinski definition) is 1. The zero-order valence-corrected chi connectivity index (χ0v) is 21.0. The van der Waals surface area contributed by atoms with Crippen molar-refractivity contribution in [2.75, 3.05) is 13.7 Å². The van der Waals surface area contributed by atoms with Crippen molar-refractivity contribution in [3.8, 4) is 11.3 Å². The third-order valence-electron chi connectivity index (χ3n) is 5.69. The van der Waals surface area contributed by atoms with Crippen LogP contribution in [0.25, 0.3) is 11.3 Å². The number of benzene rings is 2. The van der Waals surface area contributed by atoms with Gasteiger partial charge in [0.1, 0.15) is 10.6 Å². The summed E-state index contributed by atoms with van der Waals surface area (Å²) in [6.45, 7) is 5.51. The van der Waals surface area contributed by atoms with Crippen molar-refractivity contribution in [3.05, 3.63) is 76.1 Å². The monoisotopic (exact) mass is 483 g/mol. The molecule has 0 N–H and O–H groups in total. The number of Topliss-reactive ketones (excluding diaryl/α,β-unsaturated/α-hetero) is 1. The smallest absolute Gasteiger partial charge is 0.336 e. The minimum Gasteiger partial charge on any atom is -0.464 e. The molecular formula is C26H29NO4S2. The summed E-state index contributed by atoms with van der Waals surface area (Å²) in [7, 11) is 1.47. The van der Waals surface area contributed by atoms with E-state index < -0.39 is 22.1 Å². The summed E-state index contributed by atoms with van der Waals surface area (Å²) in [5.41, 5.74) is 2.49. The molecule has 0 saturated carbocycles. The van der Waals surface area contributed by atoms with E-state index in [1.807, 2.05) is 66.9 Å². The van der Waals surface area contributed by atoms with Crippen LogP contribution in [-0.4, -0.2) is 36.1 Å². The lowest BCUT2D eigenvalue weighted by atomic mass is 9.84. The number of methoxy groups -OCH3 is 1. The Balaban J connectivity index is 1.98. The molecule has 3 rings (SSSR count). The summed E-state index contributed by atoms with van der Waals surface area (Å²) >= 11 is 5.87. The maximum atomic E-state index is 13.9. The van der Waals surface area contributed by atoms with E-state index in [-0.39, 0.29) is 11.6 Å². The van der Waals surface area contributed by atoms with Gasteiger partial charge in [0.05, 0.1) is 12.3 Å². The summed E-state index contributed by atoms with van der Waals surface area (Å²) in [6, 6.07) is 17.7. The molecule has 0 fully saturated rings. The molecule has 5 nitrogen and oxygen atoms in total. The number of rotatable bonds is 10. The van der Waals surface area contributed by atoms with Crippen LogP contribution in [0.3, 0.4) is 0 Å². The molecule has 2 atom stereocenters. The lowest BCUT2D eigenvalue weighted by Gasteiger charge is -2.34. The highest BCUT2D eigenvalue weighted by Gasteiger charge is 2.55. The highest BCUT2D eigenvalue weighted by atomic mass is 32.1. The molecule has 0 aliphatic rings. The third-order valence-corrected chi connectivity index (χ3v) is 7.40. The molecule has 0 amide bonds. The number of aryl methyl sites for hydroxylation is 2. The number of thiol groups is 1. The average Bonchev–Trinajstić information content (AvgIpc) is 3.33. The lowest BCUT2D eigenvalue weighted by Crippen LogP contribution is -2.52. The number of ether oxygens (including phenoxy) is 2. The number of carbonyl (C=O) groups is 2. The summed E-state index contributed by atoms with van der Waals surface area (Å²) in [5, 5.41) is 2.10. The van der Waals surface area contributed by atoms with E-state index in [2.05, 4.69) is 17.6 Å². The molecule has 7 heteroatoms. The highest BCUT2D eigenvalue weighted by Crippen LogP contribution is 2.40. The molecule has 0 saturated heterocycles. The van der Waals surface area contributed by atoms with E-state index in [0.29, 0.717) is 18.5 Å². The first kappa shape index (κ1) is 25.1. The molecule has 1 aromatic heterocycles. The fraction of sp³-hybridized carbons (Fsp3) is 0.346. The van der Waals surface area contributed by atoms with Gasteiger partial charge in [0.25, 0.3) is 0 Å². The predicted octanol–water partition coefficient (Wildman–Crippen LogP) is 5.41. The molecule has 1 heterocycles. The Morgan fingerprint density at radius 3 is 2.48 bits per heavy atom. The van der Waals surface area contributed by atoms with Crippen molar-refractivity contribution >= 4 is 35.7 Å². The highest BCUT2D eigenvalue weighted by molar-refractivity contribution is 7.83. The zero-order chi connectivity index (χ0) is 24.1. The molecule has 0 aliphatic carbocycles. The van der Waals surface area contributed by atoms with E-state index >= 15 is 0 Å². The molecule has 174 valence electrons. The van der Waals surface area contributed by atoms with Gasteiger partial charge >= 0.3 is 5.97 Å². The Morgan fingerprint density at radius 2 is 1.85 bits per heavy atom. The molecule has 2 aromatic carbocycles. The van der Waals surface area contributed by atoms with Crippen molar-refractivity contribution in [1.29, 1.82) is 0 Å². The number of nitrogens with zero attached hydrogens (tertiary/aromatic N) is 1. The number of thiazole rings is 1. The number of esters is 1. The van der Waals surface area contributed by atoms with Crippen LogP contribution in [0.4, 0.5) is 0 Å². The van der Waals surface area contributed by atoms with E-state index in [0.717, 1.165) is 16.7 Å². The van der Waals surface area contributed by atoms with Crippen LogP contribution in [-0.2, 0) is 30.2 Å². The van der Waals surface area contributed by atoms with Crippen LogP contribution >= 0.6 is 24.0 Å². The van der Waals surface area contributed by atoms with Gasteiger partial charge in [-0.3, -0.25) is 4.79 Å². The molecule has 33 heavy (non-hydrogen) atoms. The minimum atomic E-state index is -1.88. The molecular weight excluding hydrogens is 454 g/mol. The van der Waals surface area contributed by atoms with Crippen molar-refractivity contribution in [2.45, 2.75) is 44.0 Å². The van der Waals surface area contributed by atoms with Gasteiger partial charge in [-0.15, -0.1) is 24.0 Å². The molecule has 0 aliphatic heterocycles. The van der Waals surface area contributed by atoms with E-state index in [1.54, 1.807) is 13.8 Å². The topological polar surface area (TPSA) is 65.5 Å². The van der Waals surface area contributed by atoms with E-state index in [4.69, 9.17) is 9.47 Å². The van der Waals surface area contributed by atoms with Gasteiger partial charge in [-0.2, -0.15) is 0 Å². The fourth-order valence-corrected chi connectivity index (χ4v) is 5.03. The van der Waals surface area contributed by atoms with Crippen molar-refractivity contribution < 1.29 is 19.1 Å². The molecule has 0 radical (unpaired) electrons. The van der Waals surface area contributed by atoms with Crippen molar-refractivity contribution in [2.24, 2.45) is 0 Å². The van der Waals surface area contributed by atoms with Gasteiger partial charge in [0.2, 0.25) is 4.75 Å². The average molecular weight is 484 g/mol. The van der Waals surface area contributed by atoms with Gasteiger partial charge in [-0.25, -0.2) is 9.78 Å². The first-order chi connectivity index (χ1) is 15.7. The summed E-state index contributed by atoms with van der Waals surface area (Å²) in [4.78, 5) is 31.7. The second-order valence-corrected chi connectivity index (χ2v) is 9.62. The first-order valence-corrected chi connectivity index (χ1v) is 12.1. The lowest BCUT2D eigenvalue weighted by molar-refractivity contribution is -0.156. The Morgan fingerprint density at radius 1 is 1.12 bits per heavy atom. The van der Waals surface area contributed by atoms with Gasteiger partial charge in [-0.1, -0.05) is 54.1 Å². The number of ketones is 1. The third kappa shape index (κ3) is 5.37. The van der Waals surface area contributed by atoms with Gasteiger partial charge in [0, 0.05) is 18.1 Å². The molecule has 3 aromatic rings. The first-order valence-electron chi connectivity index (χ1n) is 10.8. The Kier molecular flexibility index (Phi) is 8.10. The standard InChI is InChI=1S/C26H29NO4S2/c1-5-31-24(29)26(32,23-27-21(17-33-23)20-13-9-10-18(2)16-20)22(28)25(3,30-4)15-14-19-11-7-6-8-12-19/h6-13,16-17,32H,5,14-15H2,1-4H3. The normalized spacial score (nSPS) is 14.8. The summed E-state index contributed by atoms with van der Waals surface area (Å²) < 4.78 is 9.10. The van der Waals surface area contributed by atoms with Gasteiger partial charge in [-0.05, 0) is 45.2 Å². The quantitative estimate of drug-likeness (QED) is 0.237. The maximum absolute atomic E-state index is 13.9. The van der Waals surface area contributed by atoms with Crippen molar-refractivity contribution in [1.82, 2.24) is 4.98 Å². The fourth-order valence-electron chi connectivity index (χ4n) is 3.61. The zero-order valence-electron chi connectivity index (χ0n) is 19.3. The Bertz CT molecular complexity index is 1110. The van der Waals surface area contributed by atoms with Crippen molar-refractivity contribution in [3.63, 3.8) is 0 Å². The molecule has 0 bridgehead atoms. The molecule has 0 spiro atoms. The Labute approximate surface area is 204 Å². The van der Waals surface area contributed by atoms with Crippen LogP contribution in [0.15, 0.2) is 60.0 Å². The molecule has 2 unspecified atom stereocenters. The minimum absolute atomic E-state index is 0.123. The van der Waals surface area contributed by atoms with Crippen LogP contribution in [0, 0.1) is 6.92 Å². The van der Waals surface area contributed by atoms with Crippen LogP contribution < -0.4 is 0 Å². The van der Waals surface area contributed by atoms with E-state index in [9.17, 15) is 9.59 Å². The SMILES string of the molecule is CCOC(=O)C(S)(C(=O)C(C)(CCc1ccccc1)OC)c1nc(-c2cccc(C)c2)cs1. The predicted molar refractivity (Wildman–Crippen MR) is 135 cm³/mol. The van der Waals surface area contributed by atoms with Crippen LogP contribution in [0.2, 0.25) is 0 Å². The van der Waals surface area contributed by atoms with Crippen LogP contribution in [0.1, 0.15) is 36.4 Å². The number of hydrogen-bond acceptors (Lipinski definition) is 7. The number of aromatic nitrogens is 1. The Hall–Kier alpha value is -2.48. The maximum Gasteiger partial charge on any atom is 0.336 e. The second-order valence-electron chi connectivity index (χ2n) is 8.09. The van der Waals surface area contributed by atoms with E-state index in [1.165, 1.54) is 18.4 Å². The van der Waals surface area contributed by atoms with Gasteiger partial charge < -0.3 is 9.47 Å².